The van der Waals surface area contributed by atoms with E-state index < -0.39 is 5.41 Å². The zero-order valence-corrected chi connectivity index (χ0v) is 23.3. The molecule has 2 nitrogen and oxygen atoms in total. The van der Waals surface area contributed by atoms with Gasteiger partial charge < -0.3 is 8.98 Å². The zero-order chi connectivity index (χ0) is 28.1. The number of para-hydroxylation sites is 2. The van der Waals surface area contributed by atoms with E-state index in [2.05, 4.69) is 138 Å². The molecule has 0 saturated heterocycles. The molecule has 0 atom stereocenters. The van der Waals surface area contributed by atoms with Gasteiger partial charge in [0.05, 0.1) is 28.4 Å². The minimum Gasteiger partial charge on any atom is -0.464 e. The number of aromatic nitrogens is 1. The van der Waals surface area contributed by atoms with Crippen LogP contribution in [0.3, 0.4) is 0 Å². The molecule has 2 aromatic heterocycles. The van der Waals surface area contributed by atoms with Gasteiger partial charge in [-0.1, -0.05) is 115 Å². The molecule has 0 saturated carbocycles. The minimum atomic E-state index is -0.416. The van der Waals surface area contributed by atoms with Gasteiger partial charge in [-0.25, -0.2) is 0 Å². The first-order chi connectivity index (χ1) is 21.3. The summed E-state index contributed by atoms with van der Waals surface area (Å²) in [6, 6.07) is 53.5. The summed E-state index contributed by atoms with van der Waals surface area (Å²) >= 11 is 0. The van der Waals surface area contributed by atoms with E-state index in [1.807, 2.05) is 12.1 Å². The molecule has 1 aliphatic heterocycles. The predicted octanol–water partition coefficient (Wildman–Crippen LogP) is 10.4. The molecule has 2 aliphatic rings. The van der Waals surface area contributed by atoms with E-state index in [4.69, 9.17) is 4.42 Å². The fraction of sp³-hybridized carbons (Fsp3) is 0.0244. The highest BCUT2D eigenvalue weighted by Crippen LogP contribution is 2.61. The fourth-order valence-electron chi connectivity index (χ4n) is 8.04. The smallest absolute Gasteiger partial charge is 0.133 e. The number of furan rings is 1. The third-order valence-electron chi connectivity index (χ3n) is 9.70. The predicted molar refractivity (Wildman–Crippen MR) is 175 cm³/mol. The average Bonchev–Trinajstić information content (AvgIpc) is 3.80. The van der Waals surface area contributed by atoms with Crippen LogP contribution in [0, 0.1) is 0 Å². The topological polar surface area (TPSA) is 18.1 Å². The van der Waals surface area contributed by atoms with E-state index in [1.54, 1.807) is 6.26 Å². The molecule has 0 N–H and O–H groups in total. The molecule has 0 unspecified atom stereocenters. The minimum absolute atomic E-state index is 0.416. The maximum Gasteiger partial charge on any atom is 0.133 e. The Kier molecular flexibility index (Phi) is 4.41. The highest BCUT2D eigenvalue weighted by molar-refractivity contribution is 6.13. The molecule has 6 aromatic carbocycles. The Balaban J connectivity index is 1.36. The van der Waals surface area contributed by atoms with Gasteiger partial charge in [0.1, 0.15) is 5.76 Å². The molecule has 8 aromatic rings. The van der Waals surface area contributed by atoms with Crippen molar-refractivity contribution in [1.82, 2.24) is 4.57 Å². The zero-order valence-electron chi connectivity index (χ0n) is 23.3. The molecule has 0 amide bonds. The van der Waals surface area contributed by atoms with E-state index in [0.29, 0.717) is 0 Å². The molecule has 3 heterocycles. The summed E-state index contributed by atoms with van der Waals surface area (Å²) in [7, 11) is 0. The third-order valence-corrected chi connectivity index (χ3v) is 9.70. The van der Waals surface area contributed by atoms with Gasteiger partial charge in [-0.05, 0) is 74.8 Å². The summed E-state index contributed by atoms with van der Waals surface area (Å²) in [5, 5.41) is 2.58. The van der Waals surface area contributed by atoms with Crippen LogP contribution >= 0.6 is 0 Å². The van der Waals surface area contributed by atoms with E-state index in [0.717, 1.165) is 11.3 Å². The first-order valence-electron chi connectivity index (χ1n) is 14.9. The first-order valence-corrected chi connectivity index (χ1v) is 14.9. The Hall–Kier alpha value is -5.60. The van der Waals surface area contributed by atoms with Crippen molar-refractivity contribution in [2.24, 2.45) is 0 Å². The van der Waals surface area contributed by atoms with Crippen molar-refractivity contribution < 1.29 is 4.42 Å². The second-order valence-electron chi connectivity index (χ2n) is 11.7. The Morgan fingerprint density at radius 2 is 1.14 bits per heavy atom. The Bertz CT molecular complexity index is 2360. The molecule has 0 fully saturated rings. The van der Waals surface area contributed by atoms with Crippen LogP contribution in [0.1, 0.15) is 22.3 Å². The number of benzene rings is 6. The van der Waals surface area contributed by atoms with Crippen molar-refractivity contribution in [2.75, 3.05) is 0 Å². The molecule has 0 bridgehead atoms. The second-order valence-corrected chi connectivity index (χ2v) is 11.7. The lowest BCUT2D eigenvalue weighted by Crippen LogP contribution is -2.33. The molecule has 200 valence electrons. The summed E-state index contributed by atoms with van der Waals surface area (Å²) in [6.07, 6.45) is 1.73. The van der Waals surface area contributed by atoms with Crippen molar-refractivity contribution in [3.8, 4) is 39.3 Å². The molecule has 2 heteroatoms. The van der Waals surface area contributed by atoms with Gasteiger partial charge in [0.15, 0.2) is 0 Å². The Morgan fingerprint density at radius 3 is 1.95 bits per heavy atom. The van der Waals surface area contributed by atoms with Crippen LogP contribution in [0.15, 0.2) is 156 Å². The van der Waals surface area contributed by atoms with Gasteiger partial charge >= 0.3 is 0 Å². The van der Waals surface area contributed by atoms with Gasteiger partial charge in [-0.2, -0.15) is 0 Å². The van der Waals surface area contributed by atoms with Gasteiger partial charge in [0.25, 0.3) is 0 Å². The van der Waals surface area contributed by atoms with Crippen LogP contribution in [0.4, 0.5) is 0 Å². The standard InChI is InChI=1S/C41H25NO/c1-4-16-33-29(12-1)30-13-2-5-17-34(30)41(33)35-22-21-27(26-10-7-11-28(24-26)39-20-9-23-43-39)25-38(35)42-37-19-6-3-14-31(37)32-15-8-18-36(41)40(32)42/h1-25H. The molecular weight excluding hydrogens is 522 g/mol. The van der Waals surface area contributed by atoms with Crippen LogP contribution < -0.4 is 0 Å². The summed E-state index contributed by atoms with van der Waals surface area (Å²) in [6.45, 7) is 0. The summed E-state index contributed by atoms with van der Waals surface area (Å²) < 4.78 is 8.26. The molecule has 1 aliphatic carbocycles. The first kappa shape index (κ1) is 23.0. The third kappa shape index (κ3) is 2.83. The summed E-state index contributed by atoms with van der Waals surface area (Å²) in [5.74, 6) is 0.880. The normalized spacial score (nSPS) is 13.8. The Morgan fingerprint density at radius 1 is 0.465 bits per heavy atom. The number of hydrogen-bond acceptors (Lipinski definition) is 1. The number of nitrogens with zero attached hydrogens (tertiary/aromatic N) is 1. The van der Waals surface area contributed by atoms with Gasteiger partial charge in [0, 0.05) is 16.3 Å². The maximum absolute atomic E-state index is 5.74. The molecular formula is C41H25NO. The van der Waals surface area contributed by atoms with Gasteiger partial charge in [0.2, 0.25) is 0 Å². The van der Waals surface area contributed by atoms with Crippen LogP contribution in [-0.2, 0) is 5.41 Å². The van der Waals surface area contributed by atoms with E-state index in [-0.39, 0.29) is 0 Å². The molecule has 1 spiro atoms. The SMILES string of the molecule is c1cc(-c2ccc3c(c2)-n2c4ccccc4c4cccc(c42)C32c3ccccc3-c3ccccc32)cc(-c2ccco2)c1. The number of fused-ring (bicyclic) bond motifs is 12. The number of rotatable bonds is 2. The van der Waals surface area contributed by atoms with Crippen LogP contribution in [0.25, 0.3) is 61.1 Å². The van der Waals surface area contributed by atoms with E-state index >= 15 is 0 Å². The summed E-state index contributed by atoms with van der Waals surface area (Å²) in [5.41, 5.74) is 14.8. The van der Waals surface area contributed by atoms with Crippen LogP contribution in [0.5, 0.6) is 0 Å². The highest BCUT2D eigenvalue weighted by atomic mass is 16.3. The van der Waals surface area contributed by atoms with Gasteiger partial charge in [-0.15, -0.1) is 0 Å². The lowest BCUT2D eigenvalue weighted by atomic mass is 9.65. The maximum atomic E-state index is 5.74. The van der Waals surface area contributed by atoms with Crippen LogP contribution in [-0.4, -0.2) is 4.57 Å². The average molecular weight is 548 g/mol. The molecule has 0 radical (unpaired) electrons. The van der Waals surface area contributed by atoms with Crippen molar-refractivity contribution in [1.29, 1.82) is 0 Å². The number of hydrogen-bond donors (Lipinski definition) is 0. The van der Waals surface area contributed by atoms with Crippen molar-refractivity contribution in [2.45, 2.75) is 5.41 Å². The second kappa shape index (κ2) is 8.24. The van der Waals surface area contributed by atoms with Crippen molar-refractivity contribution in [3.63, 3.8) is 0 Å². The van der Waals surface area contributed by atoms with Crippen molar-refractivity contribution in [3.05, 3.63) is 174 Å². The van der Waals surface area contributed by atoms with E-state index in [1.165, 1.54) is 72.0 Å². The summed E-state index contributed by atoms with van der Waals surface area (Å²) in [4.78, 5) is 0. The molecule has 10 rings (SSSR count). The fourth-order valence-corrected chi connectivity index (χ4v) is 8.04. The highest BCUT2D eigenvalue weighted by Gasteiger charge is 2.50. The van der Waals surface area contributed by atoms with Crippen LogP contribution in [0.2, 0.25) is 0 Å². The monoisotopic (exact) mass is 547 g/mol. The molecule has 43 heavy (non-hydrogen) atoms. The lowest BCUT2D eigenvalue weighted by Gasteiger charge is -2.39. The van der Waals surface area contributed by atoms with Gasteiger partial charge in [-0.3, -0.25) is 0 Å². The Labute approximate surface area is 249 Å². The van der Waals surface area contributed by atoms with Crippen molar-refractivity contribution >= 4 is 21.8 Å². The van der Waals surface area contributed by atoms with E-state index in [9.17, 15) is 0 Å². The largest absolute Gasteiger partial charge is 0.464 e. The quantitative estimate of drug-likeness (QED) is 0.211. The lowest BCUT2D eigenvalue weighted by molar-refractivity contribution is 0.582.